The van der Waals surface area contributed by atoms with Gasteiger partial charge in [-0.3, -0.25) is 0 Å². The molecule has 0 heterocycles. The summed E-state index contributed by atoms with van der Waals surface area (Å²) in [5.41, 5.74) is 0.824. The third-order valence-electron chi connectivity index (χ3n) is 1.36. The van der Waals surface area contributed by atoms with E-state index in [-0.39, 0.29) is 0 Å². The average molecular weight is 201 g/mol. The topological polar surface area (TPSA) is 9.23 Å². The molecule has 1 aromatic carbocycles. The Bertz CT molecular complexity index is 316. The SMILES string of the molecule is C#COc1c(C)cc(Cl)cc1Cl. The molecule has 12 heavy (non-hydrogen) atoms. The van der Waals surface area contributed by atoms with E-state index in [0.29, 0.717) is 15.8 Å². The van der Waals surface area contributed by atoms with E-state index in [1.165, 1.54) is 0 Å². The Labute approximate surface area is 81.2 Å². The molecule has 0 fully saturated rings. The monoisotopic (exact) mass is 200 g/mol. The molecule has 0 aromatic heterocycles. The Balaban J connectivity index is 3.21. The molecule has 62 valence electrons. The molecular weight excluding hydrogens is 195 g/mol. The zero-order chi connectivity index (χ0) is 9.14. The molecule has 0 aliphatic rings. The molecule has 0 saturated carbocycles. The van der Waals surface area contributed by atoms with Gasteiger partial charge in [0.15, 0.2) is 5.75 Å². The van der Waals surface area contributed by atoms with E-state index in [9.17, 15) is 0 Å². The molecular formula is C9H6Cl2O. The number of hydrogen-bond donors (Lipinski definition) is 0. The number of halogens is 2. The molecule has 0 aliphatic heterocycles. The summed E-state index contributed by atoms with van der Waals surface area (Å²) >= 11 is 11.5. The fraction of sp³-hybridized carbons (Fsp3) is 0.111. The first-order valence-electron chi connectivity index (χ1n) is 3.23. The lowest BCUT2D eigenvalue weighted by Crippen LogP contribution is -1.87. The Kier molecular flexibility index (Phi) is 2.86. The van der Waals surface area contributed by atoms with Crippen LogP contribution < -0.4 is 4.74 Å². The number of ether oxygens (including phenoxy) is 1. The van der Waals surface area contributed by atoms with Gasteiger partial charge in [0.05, 0.1) is 5.02 Å². The fourth-order valence-electron chi connectivity index (χ4n) is 0.877. The maximum atomic E-state index is 5.81. The summed E-state index contributed by atoms with van der Waals surface area (Å²) in [6.07, 6.45) is 7.03. The second kappa shape index (κ2) is 3.71. The molecule has 0 atom stereocenters. The highest BCUT2D eigenvalue weighted by Gasteiger charge is 2.06. The van der Waals surface area contributed by atoms with Gasteiger partial charge < -0.3 is 4.74 Å². The summed E-state index contributed by atoms with van der Waals surface area (Å²) in [6.45, 7) is 1.82. The minimum Gasteiger partial charge on any atom is -0.406 e. The van der Waals surface area contributed by atoms with E-state index in [0.717, 1.165) is 5.56 Å². The molecule has 0 saturated heterocycles. The summed E-state index contributed by atoms with van der Waals surface area (Å²) in [7, 11) is 0. The molecule has 0 unspecified atom stereocenters. The molecule has 1 nitrogen and oxygen atoms in total. The summed E-state index contributed by atoms with van der Waals surface area (Å²) in [4.78, 5) is 0. The van der Waals surface area contributed by atoms with Crippen LogP contribution in [-0.2, 0) is 0 Å². The van der Waals surface area contributed by atoms with E-state index >= 15 is 0 Å². The quantitative estimate of drug-likeness (QED) is 0.633. The number of terminal acetylenes is 1. The lowest BCUT2D eigenvalue weighted by Gasteiger charge is -2.04. The standard InChI is InChI=1S/C9H6Cl2O/c1-3-12-9-6(2)4-7(10)5-8(9)11/h1,4-5H,2H3. The highest BCUT2D eigenvalue weighted by Crippen LogP contribution is 2.31. The predicted octanol–water partition coefficient (Wildman–Crippen LogP) is 3.27. The zero-order valence-electron chi connectivity index (χ0n) is 6.40. The van der Waals surface area contributed by atoms with E-state index in [1.807, 2.05) is 6.92 Å². The van der Waals surface area contributed by atoms with Crippen molar-refractivity contribution < 1.29 is 4.74 Å². The Morgan fingerprint density at radius 1 is 1.42 bits per heavy atom. The van der Waals surface area contributed by atoms with Crippen molar-refractivity contribution in [2.24, 2.45) is 0 Å². The van der Waals surface area contributed by atoms with Crippen molar-refractivity contribution >= 4 is 23.2 Å². The van der Waals surface area contributed by atoms with Crippen LogP contribution in [0.15, 0.2) is 12.1 Å². The van der Waals surface area contributed by atoms with Gasteiger partial charge in [-0.1, -0.05) is 29.6 Å². The normalized spacial score (nSPS) is 9.17. The minimum absolute atomic E-state index is 0.429. The third kappa shape index (κ3) is 1.85. The molecule has 1 rings (SSSR count). The van der Waals surface area contributed by atoms with Gasteiger partial charge in [0.2, 0.25) is 0 Å². The molecule has 0 radical (unpaired) electrons. The lowest BCUT2D eigenvalue weighted by atomic mass is 10.2. The van der Waals surface area contributed by atoms with Crippen LogP contribution in [0.1, 0.15) is 5.56 Å². The van der Waals surface area contributed by atoms with Crippen LogP contribution >= 0.6 is 23.2 Å². The Hall–Kier alpha value is -0.840. The van der Waals surface area contributed by atoms with Gasteiger partial charge in [0, 0.05) is 5.02 Å². The van der Waals surface area contributed by atoms with Gasteiger partial charge in [0.1, 0.15) is 6.11 Å². The van der Waals surface area contributed by atoms with Crippen molar-refractivity contribution in [1.29, 1.82) is 0 Å². The van der Waals surface area contributed by atoms with Crippen LogP contribution in [0.3, 0.4) is 0 Å². The van der Waals surface area contributed by atoms with Gasteiger partial charge in [0.25, 0.3) is 0 Å². The average Bonchev–Trinajstić information content (AvgIpc) is 1.96. The van der Waals surface area contributed by atoms with Crippen molar-refractivity contribution in [3.8, 4) is 18.3 Å². The first kappa shape index (κ1) is 9.25. The third-order valence-corrected chi connectivity index (χ3v) is 1.85. The summed E-state index contributed by atoms with van der Waals surface area (Å²) in [5, 5.41) is 1.000. The number of rotatable bonds is 1. The second-order valence-electron chi connectivity index (χ2n) is 2.25. The first-order chi connectivity index (χ1) is 5.65. The highest BCUT2D eigenvalue weighted by molar-refractivity contribution is 6.35. The largest absolute Gasteiger partial charge is 0.406 e. The Morgan fingerprint density at radius 2 is 2.08 bits per heavy atom. The number of aryl methyl sites for hydroxylation is 1. The smallest absolute Gasteiger partial charge is 0.161 e. The summed E-state index contributed by atoms with van der Waals surface area (Å²) in [5.74, 6) is 0.489. The van der Waals surface area contributed by atoms with Crippen molar-refractivity contribution in [1.82, 2.24) is 0 Å². The van der Waals surface area contributed by atoms with E-state index in [1.54, 1.807) is 12.1 Å². The van der Waals surface area contributed by atoms with Crippen LogP contribution in [-0.4, -0.2) is 0 Å². The molecule has 0 aliphatic carbocycles. The molecule has 3 heteroatoms. The predicted molar refractivity (Wildman–Crippen MR) is 50.7 cm³/mol. The van der Waals surface area contributed by atoms with E-state index in [2.05, 4.69) is 6.11 Å². The molecule has 0 N–H and O–H groups in total. The van der Waals surface area contributed by atoms with Gasteiger partial charge in [-0.15, -0.1) is 0 Å². The molecule has 0 amide bonds. The van der Waals surface area contributed by atoms with Gasteiger partial charge >= 0.3 is 0 Å². The van der Waals surface area contributed by atoms with Crippen LogP contribution in [0.5, 0.6) is 5.75 Å². The summed E-state index contributed by atoms with van der Waals surface area (Å²) < 4.78 is 4.86. The molecule has 1 aromatic rings. The minimum atomic E-state index is 0.429. The van der Waals surface area contributed by atoms with E-state index < -0.39 is 0 Å². The molecule has 0 bridgehead atoms. The highest BCUT2D eigenvalue weighted by atomic mass is 35.5. The van der Waals surface area contributed by atoms with Crippen LogP contribution in [0.25, 0.3) is 0 Å². The van der Waals surface area contributed by atoms with Gasteiger partial charge in [-0.2, -0.15) is 0 Å². The van der Waals surface area contributed by atoms with Crippen molar-refractivity contribution in [3.63, 3.8) is 0 Å². The summed E-state index contributed by atoms with van der Waals surface area (Å²) in [6, 6.07) is 3.32. The van der Waals surface area contributed by atoms with Crippen LogP contribution in [0.2, 0.25) is 10.0 Å². The van der Waals surface area contributed by atoms with E-state index in [4.69, 9.17) is 34.4 Å². The van der Waals surface area contributed by atoms with Crippen molar-refractivity contribution in [2.75, 3.05) is 0 Å². The van der Waals surface area contributed by atoms with Gasteiger partial charge in [-0.25, -0.2) is 0 Å². The van der Waals surface area contributed by atoms with Crippen LogP contribution in [0, 0.1) is 19.5 Å². The Morgan fingerprint density at radius 3 is 2.58 bits per heavy atom. The van der Waals surface area contributed by atoms with Gasteiger partial charge in [-0.05, 0) is 24.6 Å². The lowest BCUT2D eigenvalue weighted by molar-refractivity contribution is 0.517. The maximum Gasteiger partial charge on any atom is 0.161 e. The van der Waals surface area contributed by atoms with Crippen molar-refractivity contribution in [2.45, 2.75) is 6.92 Å². The van der Waals surface area contributed by atoms with Crippen LogP contribution in [0.4, 0.5) is 0 Å². The second-order valence-corrected chi connectivity index (χ2v) is 3.10. The van der Waals surface area contributed by atoms with Crippen molar-refractivity contribution in [3.05, 3.63) is 27.7 Å². The number of benzene rings is 1. The first-order valence-corrected chi connectivity index (χ1v) is 3.99. The maximum absolute atomic E-state index is 5.81. The zero-order valence-corrected chi connectivity index (χ0v) is 7.91. The molecule has 0 spiro atoms. The number of hydrogen-bond acceptors (Lipinski definition) is 1. The fourth-order valence-corrected chi connectivity index (χ4v) is 1.51.